The summed E-state index contributed by atoms with van der Waals surface area (Å²) in [5, 5.41) is 18.6. The minimum Gasteiger partial charge on any atom is -0.504 e. The molecule has 3 aromatic heterocycles. The van der Waals surface area contributed by atoms with Crippen molar-refractivity contribution in [1.82, 2.24) is 10.2 Å². The van der Waals surface area contributed by atoms with Crippen LogP contribution in [0.1, 0.15) is 11.5 Å². The van der Waals surface area contributed by atoms with E-state index in [4.69, 9.17) is 14.6 Å². The van der Waals surface area contributed by atoms with Gasteiger partial charge < -0.3 is 19.7 Å². The molecule has 0 radical (unpaired) electrons. The number of rotatable bonds is 1. The van der Waals surface area contributed by atoms with Crippen molar-refractivity contribution in [3.8, 4) is 17.0 Å². The Morgan fingerprint density at radius 2 is 1.71 bits per heavy atom. The van der Waals surface area contributed by atoms with Crippen LogP contribution in [0.5, 0.6) is 5.75 Å². The molecule has 4 N–H and O–H groups in total. The Hall–Kier alpha value is -2.89. The van der Waals surface area contributed by atoms with E-state index < -0.39 is 0 Å². The van der Waals surface area contributed by atoms with Crippen LogP contribution in [-0.2, 0) is 0 Å². The van der Waals surface area contributed by atoms with Crippen molar-refractivity contribution >= 4 is 27.8 Å². The number of nitrogens with one attached hydrogen (secondary N) is 1. The number of nitrogen functional groups attached to an aromatic ring is 1. The number of furan rings is 2. The van der Waals surface area contributed by atoms with Crippen molar-refractivity contribution in [3.05, 3.63) is 29.7 Å². The average Bonchev–Trinajstić information content (AvgIpc) is 3.09. The predicted molar refractivity (Wildman–Crippen MR) is 79.1 cm³/mol. The molecule has 0 aliphatic heterocycles. The Morgan fingerprint density at radius 1 is 1.05 bits per heavy atom. The van der Waals surface area contributed by atoms with Crippen molar-refractivity contribution in [3.63, 3.8) is 0 Å². The maximum absolute atomic E-state index is 10.4. The Morgan fingerprint density at radius 3 is 2.38 bits per heavy atom. The van der Waals surface area contributed by atoms with Crippen LogP contribution in [0.4, 0.5) is 5.82 Å². The smallest absolute Gasteiger partial charge is 0.177 e. The Bertz CT molecular complexity index is 933. The van der Waals surface area contributed by atoms with E-state index in [0.29, 0.717) is 33.9 Å². The maximum Gasteiger partial charge on any atom is 0.177 e. The van der Waals surface area contributed by atoms with E-state index >= 15 is 0 Å². The molecule has 3 heterocycles. The van der Waals surface area contributed by atoms with E-state index in [-0.39, 0.29) is 5.75 Å². The molecule has 0 saturated heterocycles. The number of hydrogen-bond donors (Lipinski definition) is 3. The van der Waals surface area contributed by atoms with E-state index in [1.54, 1.807) is 12.1 Å². The molecule has 6 heteroatoms. The summed E-state index contributed by atoms with van der Waals surface area (Å²) in [6, 6.07) is 5.37. The van der Waals surface area contributed by atoms with Gasteiger partial charge in [-0.15, -0.1) is 0 Å². The third kappa shape index (κ3) is 1.56. The molecule has 4 rings (SSSR count). The number of anilines is 1. The van der Waals surface area contributed by atoms with Crippen molar-refractivity contribution in [2.24, 2.45) is 0 Å². The number of phenols is 1. The second kappa shape index (κ2) is 3.82. The van der Waals surface area contributed by atoms with E-state index in [2.05, 4.69) is 10.2 Å². The SMILES string of the molecule is Cc1cc2c(-c3cc(N)n[nH]3)c3oc(C)cc3c(O)c2o1. The number of benzene rings is 1. The zero-order valence-electron chi connectivity index (χ0n) is 11.5. The summed E-state index contributed by atoms with van der Waals surface area (Å²) in [4.78, 5) is 0. The summed E-state index contributed by atoms with van der Waals surface area (Å²) in [5.41, 5.74) is 8.22. The van der Waals surface area contributed by atoms with Gasteiger partial charge in [0.25, 0.3) is 0 Å². The monoisotopic (exact) mass is 283 g/mol. The summed E-state index contributed by atoms with van der Waals surface area (Å²) in [5.74, 6) is 1.89. The standard InChI is InChI=1S/C15H13N3O3/c1-6-3-8-12(10-5-11(16)18-17-10)14-9(4-7(2)20-14)13(19)15(8)21-6/h3-5,19H,1-2H3,(H3,16,17,18). The molecule has 0 fully saturated rings. The van der Waals surface area contributed by atoms with E-state index in [1.807, 2.05) is 19.9 Å². The lowest BCUT2D eigenvalue weighted by Gasteiger charge is -2.03. The molecule has 4 aromatic rings. The molecule has 106 valence electrons. The van der Waals surface area contributed by atoms with Gasteiger partial charge in [-0.3, -0.25) is 5.10 Å². The normalized spacial score (nSPS) is 11.7. The molecular formula is C15H13N3O3. The second-order valence-corrected chi connectivity index (χ2v) is 5.13. The molecule has 0 aliphatic carbocycles. The highest BCUT2D eigenvalue weighted by molar-refractivity contribution is 6.13. The lowest BCUT2D eigenvalue weighted by atomic mass is 10.0. The van der Waals surface area contributed by atoms with Crippen molar-refractivity contribution in [1.29, 1.82) is 0 Å². The highest BCUT2D eigenvalue weighted by Crippen LogP contribution is 2.44. The number of aryl methyl sites for hydroxylation is 2. The zero-order chi connectivity index (χ0) is 14.7. The van der Waals surface area contributed by atoms with Crippen LogP contribution in [0.3, 0.4) is 0 Å². The van der Waals surface area contributed by atoms with Crippen LogP contribution in [-0.4, -0.2) is 15.3 Å². The van der Waals surface area contributed by atoms with Crippen LogP contribution in [0.25, 0.3) is 33.2 Å². The number of aromatic hydroxyl groups is 1. The molecule has 0 saturated carbocycles. The number of hydrogen-bond acceptors (Lipinski definition) is 5. The fourth-order valence-corrected chi connectivity index (χ4v) is 2.73. The van der Waals surface area contributed by atoms with Gasteiger partial charge in [0.2, 0.25) is 0 Å². The first kappa shape index (κ1) is 11.9. The molecular weight excluding hydrogens is 270 g/mol. The van der Waals surface area contributed by atoms with Crippen LogP contribution in [0.2, 0.25) is 0 Å². The molecule has 1 aromatic carbocycles. The van der Waals surface area contributed by atoms with Crippen molar-refractivity contribution in [2.75, 3.05) is 5.73 Å². The molecule has 0 aliphatic rings. The Balaban J connectivity index is 2.25. The van der Waals surface area contributed by atoms with Gasteiger partial charge >= 0.3 is 0 Å². The van der Waals surface area contributed by atoms with Crippen LogP contribution < -0.4 is 5.73 Å². The third-order valence-corrected chi connectivity index (χ3v) is 3.54. The number of aromatic nitrogens is 2. The number of nitrogens with two attached hydrogens (primary N) is 1. The number of aromatic amines is 1. The summed E-state index contributed by atoms with van der Waals surface area (Å²) >= 11 is 0. The molecule has 0 amide bonds. The number of nitrogens with zero attached hydrogens (tertiary/aromatic N) is 1. The second-order valence-electron chi connectivity index (χ2n) is 5.13. The van der Waals surface area contributed by atoms with Gasteiger partial charge in [0, 0.05) is 11.5 Å². The molecule has 0 bridgehead atoms. The fourth-order valence-electron chi connectivity index (χ4n) is 2.73. The maximum atomic E-state index is 10.4. The minimum absolute atomic E-state index is 0.0844. The highest BCUT2D eigenvalue weighted by Gasteiger charge is 2.22. The van der Waals surface area contributed by atoms with Crippen LogP contribution in [0, 0.1) is 13.8 Å². The molecule has 0 atom stereocenters. The Labute approximate surface area is 119 Å². The lowest BCUT2D eigenvalue weighted by molar-refractivity contribution is 0.466. The van der Waals surface area contributed by atoms with Gasteiger partial charge in [0.15, 0.2) is 11.3 Å². The first-order chi connectivity index (χ1) is 10.0. The highest BCUT2D eigenvalue weighted by atomic mass is 16.4. The molecule has 0 spiro atoms. The predicted octanol–water partition coefficient (Wildman–Crippen LogP) is 3.47. The van der Waals surface area contributed by atoms with Crippen LogP contribution in [0.15, 0.2) is 27.0 Å². The summed E-state index contributed by atoms with van der Waals surface area (Å²) < 4.78 is 11.4. The van der Waals surface area contributed by atoms with E-state index in [0.717, 1.165) is 16.6 Å². The summed E-state index contributed by atoms with van der Waals surface area (Å²) in [6.45, 7) is 3.66. The third-order valence-electron chi connectivity index (χ3n) is 3.54. The quantitative estimate of drug-likeness (QED) is 0.496. The average molecular weight is 283 g/mol. The van der Waals surface area contributed by atoms with Crippen LogP contribution >= 0.6 is 0 Å². The molecule has 6 nitrogen and oxygen atoms in total. The van der Waals surface area contributed by atoms with Crippen molar-refractivity contribution in [2.45, 2.75) is 13.8 Å². The molecule has 21 heavy (non-hydrogen) atoms. The zero-order valence-corrected chi connectivity index (χ0v) is 11.5. The molecule has 0 unspecified atom stereocenters. The van der Waals surface area contributed by atoms with Gasteiger partial charge in [0.05, 0.1) is 16.6 Å². The minimum atomic E-state index is 0.0844. The first-order valence-corrected chi connectivity index (χ1v) is 6.51. The fraction of sp³-hybridized carbons (Fsp3) is 0.133. The van der Waals surface area contributed by atoms with Gasteiger partial charge in [-0.25, -0.2) is 0 Å². The van der Waals surface area contributed by atoms with Crippen molar-refractivity contribution < 1.29 is 13.9 Å². The number of H-pyrrole nitrogens is 1. The lowest BCUT2D eigenvalue weighted by Crippen LogP contribution is -1.82. The topological polar surface area (TPSA) is 101 Å². The Kier molecular flexibility index (Phi) is 2.16. The number of fused-ring (bicyclic) bond motifs is 2. The first-order valence-electron chi connectivity index (χ1n) is 6.51. The van der Waals surface area contributed by atoms with Gasteiger partial charge in [-0.05, 0) is 26.0 Å². The van der Waals surface area contributed by atoms with Gasteiger partial charge in [-0.2, -0.15) is 5.10 Å². The van der Waals surface area contributed by atoms with Gasteiger partial charge in [-0.1, -0.05) is 0 Å². The van der Waals surface area contributed by atoms with Gasteiger partial charge in [0.1, 0.15) is 22.9 Å². The van der Waals surface area contributed by atoms with E-state index in [9.17, 15) is 5.11 Å². The summed E-state index contributed by atoms with van der Waals surface area (Å²) in [7, 11) is 0. The van der Waals surface area contributed by atoms with E-state index in [1.165, 1.54) is 0 Å². The number of phenolic OH excluding ortho intramolecular Hbond substituents is 1. The largest absolute Gasteiger partial charge is 0.504 e. The summed E-state index contributed by atoms with van der Waals surface area (Å²) in [6.07, 6.45) is 0.